The average Bonchev–Trinajstić information content (AvgIpc) is 3.22. The molecule has 0 spiro atoms. The highest BCUT2D eigenvalue weighted by Gasteiger charge is 2.30. The number of nitrogens with zero attached hydrogens (tertiary/aromatic N) is 4. The van der Waals surface area contributed by atoms with Crippen LogP contribution in [0.3, 0.4) is 0 Å². The molecule has 0 atom stereocenters. The second-order valence-corrected chi connectivity index (χ2v) is 5.48. The van der Waals surface area contributed by atoms with Gasteiger partial charge in [0.25, 0.3) is 0 Å². The molecule has 0 aliphatic heterocycles. The standard InChI is InChI=1S/C13H12ClF3N4O/c14-10-5-18-21(12(10)8-1-2-8)6-9-3-4-11(20-19-9)22-7-13(15,16)17/h3-5,8H,1-2,6-7H2. The van der Waals surface area contributed by atoms with E-state index < -0.39 is 12.8 Å². The first-order chi connectivity index (χ1) is 10.4. The van der Waals surface area contributed by atoms with Crippen molar-refractivity contribution in [2.75, 3.05) is 6.61 Å². The Kier molecular flexibility index (Phi) is 3.94. The molecule has 0 saturated heterocycles. The molecule has 2 aromatic rings. The fourth-order valence-corrected chi connectivity index (χ4v) is 2.37. The third-order valence-corrected chi connectivity index (χ3v) is 3.48. The van der Waals surface area contributed by atoms with E-state index in [2.05, 4.69) is 20.0 Å². The summed E-state index contributed by atoms with van der Waals surface area (Å²) in [4.78, 5) is 0. The summed E-state index contributed by atoms with van der Waals surface area (Å²) in [5.41, 5.74) is 1.54. The Hall–Kier alpha value is -1.83. The van der Waals surface area contributed by atoms with E-state index >= 15 is 0 Å². The SMILES string of the molecule is FC(F)(F)COc1ccc(Cn2ncc(Cl)c2C2CC2)nn1. The summed E-state index contributed by atoms with van der Waals surface area (Å²) in [7, 11) is 0. The molecule has 3 rings (SSSR count). The van der Waals surface area contributed by atoms with Crippen LogP contribution in [0.5, 0.6) is 5.88 Å². The molecule has 0 unspecified atom stereocenters. The van der Waals surface area contributed by atoms with E-state index in [4.69, 9.17) is 11.6 Å². The molecule has 1 fully saturated rings. The lowest BCUT2D eigenvalue weighted by Crippen LogP contribution is -2.20. The Bertz CT molecular complexity index is 652. The van der Waals surface area contributed by atoms with Crippen LogP contribution in [0.1, 0.15) is 30.1 Å². The van der Waals surface area contributed by atoms with Crippen LogP contribution in [0, 0.1) is 0 Å². The van der Waals surface area contributed by atoms with Crippen molar-refractivity contribution in [3.63, 3.8) is 0 Å². The zero-order chi connectivity index (χ0) is 15.7. The van der Waals surface area contributed by atoms with Gasteiger partial charge < -0.3 is 4.74 Å². The van der Waals surface area contributed by atoms with Crippen molar-refractivity contribution in [2.24, 2.45) is 0 Å². The summed E-state index contributed by atoms with van der Waals surface area (Å²) < 4.78 is 42.4. The van der Waals surface area contributed by atoms with E-state index in [1.165, 1.54) is 6.07 Å². The Morgan fingerprint density at radius 1 is 1.27 bits per heavy atom. The summed E-state index contributed by atoms with van der Waals surface area (Å²) in [5, 5.41) is 12.3. The molecule has 22 heavy (non-hydrogen) atoms. The number of hydrogen-bond donors (Lipinski definition) is 0. The monoisotopic (exact) mass is 332 g/mol. The van der Waals surface area contributed by atoms with Gasteiger partial charge in [-0.15, -0.1) is 10.2 Å². The highest BCUT2D eigenvalue weighted by atomic mass is 35.5. The lowest BCUT2D eigenvalue weighted by atomic mass is 10.3. The lowest BCUT2D eigenvalue weighted by Gasteiger charge is -2.09. The van der Waals surface area contributed by atoms with Crippen molar-refractivity contribution in [3.8, 4) is 5.88 Å². The first-order valence-electron chi connectivity index (χ1n) is 6.66. The minimum Gasteiger partial charge on any atom is -0.467 e. The van der Waals surface area contributed by atoms with Gasteiger partial charge in [-0.3, -0.25) is 4.68 Å². The Balaban J connectivity index is 1.66. The predicted molar refractivity (Wildman–Crippen MR) is 71.9 cm³/mol. The molecular weight excluding hydrogens is 321 g/mol. The van der Waals surface area contributed by atoms with E-state index in [-0.39, 0.29) is 5.88 Å². The third-order valence-electron chi connectivity index (χ3n) is 3.19. The maximum Gasteiger partial charge on any atom is 0.422 e. The molecule has 0 N–H and O–H groups in total. The molecule has 0 bridgehead atoms. The van der Waals surface area contributed by atoms with Gasteiger partial charge in [0.2, 0.25) is 5.88 Å². The second-order valence-electron chi connectivity index (χ2n) is 5.08. The van der Waals surface area contributed by atoms with E-state index in [0.29, 0.717) is 23.2 Å². The number of aromatic nitrogens is 4. The summed E-state index contributed by atoms with van der Waals surface area (Å²) in [6, 6.07) is 2.92. The summed E-state index contributed by atoms with van der Waals surface area (Å²) >= 11 is 6.11. The van der Waals surface area contributed by atoms with Crippen LogP contribution in [0.25, 0.3) is 0 Å². The van der Waals surface area contributed by atoms with E-state index in [1.54, 1.807) is 16.9 Å². The average molecular weight is 333 g/mol. The molecular formula is C13H12ClF3N4O. The van der Waals surface area contributed by atoms with Crippen LogP contribution in [-0.2, 0) is 6.54 Å². The van der Waals surface area contributed by atoms with Crippen LogP contribution >= 0.6 is 11.6 Å². The fourth-order valence-electron chi connectivity index (χ4n) is 2.08. The summed E-state index contributed by atoms with van der Waals surface area (Å²) in [5.74, 6) is 0.263. The van der Waals surface area contributed by atoms with Crippen LogP contribution < -0.4 is 4.74 Å². The first kappa shape index (κ1) is 15.1. The molecule has 0 amide bonds. The number of ether oxygens (including phenoxy) is 1. The largest absolute Gasteiger partial charge is 0.467 e. The summed E-state index contributed by atoms with van der Waals surface area (Å²) in [6.07, 6.45) is -0.641. The maximum absolute atomic E-state index is 12.0. The smallest absolute Gasteiger partial charge is 0.422 e. The lowest BCUT2D eigenvalue weighted by molar-refractivity contribution is -0.154. The molecule has 9 heteroatoms. The zero-order valence-electron chi connectivity index (χ0n) is 11.3. The van der Waals surface area contributed by atoms with Gasteiger partial charge in [0.1, 0.15) is 0 Å². The number of alkyl halides is 3. The molecule has 0 radical (unpaired) electrons. The van der Waals surface area contributed by atoms with Gasteiger partial charge in [0.15, 0.2) is 6.61 Å². The topological polar surface area (TPSA) is 52.8 Å². The highest BCUT2D eigenvalue weighted by Crippen LogP contribution is 2.43. The van der Waals surface area contributed by atoms with Gasteiger partial charge >= 0.3 is 6.18 Å². The normalized spacial score (nSPS) is 15.1. The zero-order valence-corrected chi connectivity index (χ0v) is 12.1. The minimum absolute atomic E-state index is 0.165. The van der Waals surface area contributed by atoms with Crippen LogP contribution in [0.15, 0.2) is 18.3 Å². The van der Waals surface area contributed by atoms with Crippen molar-refractivity contribution in [2.45, 2.75) is 31.5 Å². The van der Waals surface area contributed by atoms with Gasteiger partial charge in [-0.1, -0.05) is 11.6 Å². The van der Waals surface area contributed by atoms with Crippen molar-refractivity contribution >= 4 is 11.6 Å². The van der Waals surface area contributed by atoms with Crippen LogP contribution in [0.2, 0.25) is 5.02 Å². The van der Waals surface area contributed by atoms with Gasteiger partial charge in [-0.2, -0.15) is 18.3 Å². The van der Waals surface area contributed by atoms with Crippen LogP contribution in [0.4, 0.5) is 13.2 Å². The van der Waals surface area contributed by atoms with Gasteiger partial charge in [-0.25, -0.2) is 0 Å². The second kappa shape index (κ2) is 5.75. The molecule has 2 aromatic heterocycles. The van der Waals surface area contributed by atoms with E-state index in [1.807, 2.05) is 0 Å². The maximum atomic E-state index is 12.0. The van der Waals surface area contributed by atoms with Crippen LogP contribution in [-0.4, -0.2) is 32.8 Å². The van der Waals surface area contributed by atoms with Crippen molar-refractivity contribution < 1.29 is 17.9 Å². The number of rotatable bonds is 5. The molecule has 5 nitrogen and oxygen atoms in total. The molecule has 0 aromatic carbocycles. The first-order valence-corrected chi connectivity index (χ1v) is 7.03. The van der Waals surface area contributed by atoms with Crippen molar-refractivity contribution in [1.29, 1.82) is 0 Å². The van der Waals surface area contributed by atoms with Crippen molar-refractivity contribution in [1.82, 2.24) is 20.0 Å². The number of halogens is 4. The molecule has 1 saturated carbocycles. The minimum atomic E-state index is -4.40. The summed E-state index contributed by atoms with van der Waals surface area (Å²) in [6.45, 7) is -1.02. The molecule has 1 aliphatic rings. The Morgan fingerprint density at radius 2 is 2.05 bits per heavy atom. The Labute approximate surface area is 129 Å². The van der Waals surface area contributed by atoms with Crippen molar-refractivity contribution in [3.05, 3.63) is 34.7 Å². The van der Waals surface area contributed by atoms with Gasteiger partial charge in [-0.05, 0) is 18.9 Å². The van der Waals surface area contributed by atoms with E-state index in [0.717, 1.165) is 18.5 Å². The Morgan fingerprint density at radius 3 is 2.64 bits per heavy atom. The fraction of sp³-hybridized carbons (Fsp3) is 0.462. The van der Waals surface area contributed by atoms with E-state index in [9.17, 15) is 13.2 Å². The predicted octanol–water partition coefficient (Wildman–Crippen LogP) is 3.19. The molecule has 118 valence electrons. The van der Waals surface area contributed by atoms with Gasteiger partial charge in [0, 0.05) is 12.0 Å². The molecule has 2 heterocycles. The third kappa shape index (κ3) is 3.68. The molecule has 1 aliphatic carbocycles. The quantitative estimate of drug-likeness (QED) is 0.843. The highest BCUT2D eigenvalue weighted by molar-refractivity contribution is 6.31. The number of hydrogen-bond acceptors (Lipinski definition) is 4. The van der Waals surface area contributed by atoms with Gasteiger partial charge in [0.05, 0.1) is 29.2 Å².